The van der Waals surface area contributed by atoms with Crippen molar-refractivity contribution in [1.29, 1.82) is 0 Å². The maximum absolute atomic E-state index is 14.8. The number of esters is 3. The van der Waals surface area contributed by atoms with Crippen LogP contribution in [0.5, 0.6) is 0 Å². The molecule has 0 spiro atoms. The van der Waals surface area contributed by atoms with Gasteiger partial charge in [-0.15, -0.1) is 0 Å². The summed E-state index contributed by atoms with van der Waals surface area (Å²) in [6.45, 7) is 8.42. The van der Waals surface area contributed by atoms with E-state index in [-0.39, 0.29) is 30.6 Å². The van der Waals surface area contributed by atoms with Crippen LogP contribution in [-0.4, -0.2) is 87.3 Å². The number of carbonyl (C=O) groups is 4. The fraction of sp³-hybridized carbons (Fsp3) is 0.613. The maximum atomic E-state index is 14.8. The summed E-state index contributed by atoms with van der Waals surface area (Å²) in [5, 5.41) is 35.8. The molecule has 0 radical (unpaired) electrons. The van der Waals surface area contributed by atoms with Crippen LogP contribution in [0.4, 0.5) is 0 Å². The van der Waals surface area contributed by atoms with Gasteiger partial charge in [0, 0.05) is 32.1 Å². The molecule has 3 fully saturated rings. The van der Waals surface area contributed by atoms with Crippen LogP contribution < -0.4 is 0 Å². The van der Waals surface area contributed by atoms with Crippen LogP contribution in [0.25, 0.3) is 0 Å². The van der Waals surface area contributed by atoms with Gasteiger partial charge in [0.1, 0.15) is 17.8 Å². The summed E-state index contributed by atoms with van der Waals surface area (Å²) in [5.41, 5.74) is -6.38. The molecular formula is C31H38O11. The van der Waals surface area contributed by atoms with E-state index in [0.29, 0.717) is 5.57 Å². The van der Waals surface area contributed by atoms with E-state index in [9.17, 15) is 34.5 Å². The van der Waals surface area contributed by atoms with Gasteiger partial charge in [0.25, 0.3) is 0 Å². The lowest BCUT2D eigenvalue weighted by molar-refractivity contribution is -0.345. The first kappa shape index (κ1) is 30.3. The molecule has 5 rings (SSSR count). The number of hydrogen-bond donors (Lipinski definition) is 3. The van der Waals surface area contributed by atoms with Gasteiger partial charge in [-0.3, -0.25) is 14.4 Å². The number of ether oxygens (including phenoxy) is 4. The second-order valence-electron chi connectivity index (χ2n) is 12.8. The Hall–Kier alpha value is -3.12. The van der Waals surface area contributed by atoms with Gasteiger partial charge in [-0.1, -0.05) is 32.0 Å². The molecule has 1 aliphatic heterocycles. The normalized spacial score (nSPS) is 40.4. The van der Waals surface area contributed by atoms with Crippen LogP contribution in [-0.2, 0) is 33.3 Å². The van der Waals surface area contributed by atoms with Crippen molar-refractivity contribution in [3.63, 3.8) is 0 Å². The Balaban J connectivity index is 1.84. The molecule has 0 aromatic heterocycles. The molecule has 3 aliphatic carbocycles. The maximum Gasteiger partial charge on any atom is 0.338 e. The van der Waals surface area contributed by atoms with Crippen LogP contribution in [0.2, 0.25) is 0 Å². The molecule has 1 saturated heterocycles. The van der Waals surface area contributed by atoms with E-state index in [1.165, 1.54) is 26.0 Å². The third-order valence-corrected chi connectivity index (χ3v) is 10.2. The molecule has 1 aromatic rings. The summed E-state index contributed by atoms with van der Waals surface area (Å²) in [6, 6.07) is 8.05. The number of fused-ring (bicyclic) bond motifs is 5. The fourth-order valence-corrected chi connectivity index (χ4v) is 7.91. The second-order valence-corrected chi connectivity index (χ2v) is 12.8. The van der Waals surface area contributed by atoms with Crippen LogP contribution >= 0.6 is 0 Å². The Bertz CT molecular complexity index is 1350. The van der Waals surface area contributed by atoms with Crippen molar-refractivity contribution in [3.8, 4) is 0 Å². The van der Waals surface area contributed by atoms with Gasteiger partial charge < -0.3 is 34.3 Å². The molecule has 4 aliphatic rings. The lowest BCUT2D eigenvalue weighted by Crippen LogP contribution is -2.81. The molecule has 1 aromatic carbocycles. The molecule has 9 atom stereocenters. The summed E-state index contributed by atoms with van der Waals surface area (Å²) in [7, 11) is 0. The predicted molar refractivity (Wildman–Crippen MR) is 145 cm³/mol. The minimum Gasteiger partial charge on any atom is -0.455 e. The van der Waals surface area contributed by atoms with Crippen molar-refractivity contribution in [2.45, 2.75) is 96.1 Å². The van der Waals surface area contributed by atoms with Crippen molar-refractivity contribution >= 4 is 23.7 Å². The van der Waals surface area contributed by atoms with Gasteiger partial charge in [0.15, 0.2) is 17.5 Å². The highest BCUT2D eigenvalue weighted by molar-refractivity contribution is 5.95. The summed E-state index contributed by atoms with van der Waals surface area (Å²) >= 11 is 0. The minimum atomic E-state index is -2.11. The van der Waals surface area contributed by atoms with Crippen molar-refractivity contribution in [2.24, 2.45) is 16.7 Å². The molecule has 2 saturated carbocycles. The Morgan fingerprint density at radius 2 is 1.64 bits per heavy atom. The van der Waals surface area contributed by atoms with Gasteiger partial charge in [-0.05, 0) is 37.1 Å². The summed E-state index contributed by atoms with van der Waals surface area (Å²) in [4.78, 5) is 53.4. The molecule has 228 valence electrons. The average molecular weight is 587 g/mol. The fourth-order valence-electron chi connectivity index (χ4n) is 7.91. The molecule has 6 unspecified atom stereocenters. The lowest BCUT2D eigenvalue weighted by atomic mass is 9.44. The Morgan fingerprint density at radius 1 is 1.00 bits per heavy atom. The predicted octanol–water partition coefficient (Wildman–Crippen LogP) is 1.65. The molecule has 0 amide bonds. The van der Waals surface area contributed by atoms with Gasteiger partial charge >= 0.3 is 17.9 Å². The van der Waals surface area contributed by atoms with E-state index in [1.807, 2.05) is 0 Å². The van der Waals surface area contributed by atoms with E-state index >= 15 is 0 Å². The monoisotopic (exact) mass is 586 g/mol. The summed E-state index contributed by atoms with van der Waals surface area (Å²) in [5.74, 6) is -4.41. The smallest absolute Gasteiger partial charge is 0.338 e. The SMILES string of the molecule is CC(=O)OC1C(=O)C2(C)C(O)CC3OC[C@@]3(OC(C)=O)C2[C@H](OC(=O)c2ccccc2)C2(O)C[C@H](O)C(C)=C1C2(C)C. The number of aliphatic hydroxyl groups is 3. The first-order chi connectivity index (χ1) is 19.5. The highest BCUT2D eigenvalue weighted by Crippen LogP contribution is 2.64. The van der Waals surface area contributed by atoms with Crippen LogP contribution in [0.15, 0.2) is 41.5 Å². The van der Waals surface area contributed by atoms with E-state index in [2.05, 4.69) is 0 Å². The zero-order valence-electron chi connectivity index (χ0n) is 24.6. The second kappa shape index (κ2) is 9.97. The van der Waals surface area contributed by atoms with E-state index in [0.717, 1.165) is 6.92 Å². The summed E-state index contributed by atoms with van der Waals surface area (Å²) in [6.07, 6.45) is -7.27. The zero-order valence-corrected chi connectivity index (χ0v) is 24.6. The number of hydrogen-bond acceptors (Lipinski definition) is 11. The zero-order chi connectivity index (χ0) is 31.0. The quantitative estimate of drug-likeness (QED) is 0.267. The highest BCUT2D eigenvalue weighted by Gasteiger charge is 2.78. The Morgan fingerprint density at radius 3 is 2.19 bits per heavy atom. The number of Topliss-reactive ketones (excluding diaryl/α,β-unsaturated/α-hetero) is 1. The molecule has 3 N–H and O–H groups in total. The first-order valence-electron chi connectivity index (χ1n) is 14.1. The third-order valence-electron chi connectivity index (χ3n) is 10.2. The van der Waals surface area contributed by atoms with Crippen LogP contribution in [0, 0.1) is 16.7 Å². The van der Waals surface area contributed by atoms with Gasteiger partial charge in [0.2, 0.25) is 0 Å². The molecular weight excluding hydrogens is 548 g/mol. The number of aliphatic hydroxyl groups excluding tert-OH is 2. The van der Waals surface area contributed by atoms with Crippen LogP contribution in [0.1, 0.15) is 64.7 Å². The standard InChI is InChI=1S/C31H38O11/c1-15-19(34)13-31(38)26(41-27(37)18-10-8-7-9-11-18)24-29(6,20(35)12-21-30(24,14-39-21)42-17(3)33)25(36)23(40-16(2)32)22(15)28(31,4)5/h7-11,19-21,23-24,26,34-35,38H,12-14H2,1-6H3/t19-,20?,21?,23?,24?,26-,29?,30-,31?/m0/s1. The van der Waals surface area contributed by atoms with Crippen LogP contribution in [0.3, 0.4) is 0 Å². The summed E-state index contributed by atoms with van der Waals surface area (Å²) < 4.78 is 23.5. The molecule has 11 nitrogen and oxygen atoms in total. The highest BCUT2D eigenvalue weighted by atomic mass is 16.6. The minimum absolute atomic E-state index is 0.110. The van der Waals surface area contributed by atoms with Gasteiger partial charge in [0.05, 0.1) is 35.7 Å². The topological polar surface area (TPSA) is 166 Å². The van der Waals surface area contributed by atoms with Crippen molar-refractivity contribution in [2.75, 3.05) is 6.61 Å². The number of rotatable bonds is 4. The molecule has 2 bridgehead atoms. The third kappa shape index (κ3) is 4.08. The lowest BCUT2D eigenvalue weighted by Gasteiger charge is -2.67. The van der Waals surface area contributed by atoms with E-state index in [1.54, 1.807) is 39.0 Å². The Kier molecular flexibility index (Phi) is 7.20. The van der Waals surface area contributed by atoms with Crippen molar-refractivity contribution in [1.82, 2.24) is 0 Å². The van der Waals surface area contributed by atoms with Gasteiger partial charge in [-0.2, -0.15) is 0 Å². The molecule has 1 heterocycles. The Labute approximate surface area is 243 Å². The largest absolute Gasteiger partial charge is 0.455 e. The molecule has 11 heteroatoms. The van der Waals surface area contributed by atoms with Gasteiger partial charge in [-0.25, -0.2) is 4.79 Å². The first-order valence-corrected chi connectivity index (χ1v) is 14.1. The number of carbonyl (C=O) groups excluding carboxylic acids is 4. The van der Waals surface area contributed by atoms with Crippen molar-refractivity contribution in [3.05, 3.63) is 47.0 Å². The number of ketones is 1. The van der Waals surface area contributed by atoms with Crippen molar-refractivity contribution < 1.29 is 53.4 Å². The average Bonchev–Trinajstić information content (AvgIpc) is 2.90. The van der Waals surface area contributed by atoms with E-state index in [4.69, 9.17) is 18.9 Å². The number of benzene rings is 1. The molecule has 42 heavy (non-hydrogen) atoms. The van der Waals surface area contributed by atoms with E-state index < -0.39 is 82.2 Å².